The Balaban J connectivity index is 0.00000196. The zero-order chi connectivity index (χ0) is 10.6. The van der Waals surface area contributed by atoms with Crippen molar-refractivity contribution in [2.75, 3.05) is 19.3 Å². The van der Waals surface area contributed by atoms with Gasteiger partial charge in [0, 0.05) is 23.6 Å². The van der Waals surface area contributed by atoms with Crippen molar-refractivity contribution in [2.45, 2.75) is 17.6 Å². The number of nitrogens with two attached hydrogens (primary N) is 1. The number of hydrogen-bond donors (Lipinski definition) is 2. The van der Waals surface area contributed by atoms with E-state index in [0.717, 1.165) is 12.8 Å². The monoisotopic (exact) mass is 343 g/mol. The third-order valence-electron chi connectivity index (χ3n) is 2.38. The van der Waals surface area contributed by atoms with Gasteiger partial charge >= 0.3 is 0 Å². The summed E-state index contributed by atoms with van der Waals surface area (Å²) < 4.78 is 11.2. The lowest BCUT2D eigenvalue weighted by atomic mass is 10.4. The Morgan fingerprint density at radius 1 is 1.73 bits per heavy atom. The second-order valence-electron chi connectivity index (χ2n) is 3.51. The Morgan fingerprint density at radius 3 is 2.73 bits per heavy atom. The highest BCUT2D eigenvalue weighted by atomic mass is 127. The number of rotatable bonds is 5. The molecule has 1 saturated carbocycles. The van der Waals surface area contributed by atoms with E-state index in [1.807, 2.05) is 0 Å². The zero-order valence-electron chi connectivity index (χ0n) is 8.86. The minimum Gasteiger partial charge on any atom is -0.370 e. The zero-order valence-corrected chi connectivity index (χ0v) is 12.0. The third-order valence-corrected chi connectivity index (χ3v) is 4.14. The molecule has 6 heteroatoms. The fourth-order valence-electron chi connectivity index (χ4n) is 1.14. The van der Waals surface area contributed by atoms with Crippen LogP contribution in [0.25, 0.3) is 0 Å². The number of guanidine groups is 1. The van der Waals surface area contributed by atoms with Crippen LogP contribution in [0.1, 0.15) is 12.8 Å². The first-order chi connectivity index (χ1) is 6.60. The highest BCUT2D eigenvalue weighted by Gasteiger charge is 2.46. The van der Waals surface area contributed by atoms with E-state index < -0.39 is 10.8 Å². The molecule has 0 aliphatic heterocycles. The molecule has 3 N–H and O–H groups in total. The lowest BCUT2D eigenvalue weighted by Crippen LogP contribution is -2.33. The van der Waals surface area contributed by atoms with Gasteiger partial charge in [0.1, 0.15) is 0 Å². The van der Waals surface area contributed by atoms with Crippen LogP contribution in [-0.4, -0.2) is 34.3 Å². The van der Waals surface area contributed by atoms with Gasteiger partial charge in [-0.25, -0.2) is 0 Å². The van der Waals surface area contributed by atoms with E-state index in [1.54, 1.807) is 12.3 Å². The van der Waals surface area contributed by atoms with Crippen LogP contribution in [-0.2, 0) is 10.8 Å². The molecule has 15 heavy (non-hydrogen) atoms. The summed E-state index contributed by atoms with van der Waals surface area (Å²) in [5.74, 6) is 0.404. The lowest BCUT2D eigenvalue weighted by Gasteiger charge is -2.09. The molecule has 0 bridgehead atoms. The third kappa shape index (κ3) is 4.50. The van der Waals surface area contributed by atoms with Crippen molar-refractivity contribution in [3.8, 4) is 0 Å². The van der Waals surface area contributed by atoms with E-state index in [4.69, 9.17) is 5.73 Å². The summed E-state index contributed by atoms with van der Waals surface area (Å²) in [6.45, 7) is 4.73. The molecule has 0 aromatic rings. The fraction of sp³-hybridized carbons (Fsp3) is 0.667. The Bertz CT molecular complexity index is 277. The number of halogens is 1. The summed E-state index contributed by atoms with van der Waals surface area (Å²) in [7, 11) is -0.798. The quantitative estimate of drug-likeness (QED) is 0.333. The molecular formula is C9H18IN3OS. The van der Waals surface area contributed by atoms with E-state index in [-0.39, 0.29) is 28.7 Å². The summed E-state index contributed by atoms with van der Waals surface area (Å²) in [6.07, 6.45) is 5.44. The van der Waals surface area contributed by atoms with Gasteiger partial charge in [0.15, 0.2) is 5.96 Å². The van der Waals surface area contributed by atoms with E-state index in [9.17, 15) is 4.21 Å². The van der Waals surface area contributed by atoms with Crippen molar-refractivity contribution in [3.05, 3.63) is 12.7 Å². The van der Waals surface area contributed by atoms with E-state index >= 15 is 0 Å². The molecule has 4 nitrogen and oxygen atoms in total. The van der Waals surface area contributed by atoms with Gasteiger partial charge in [-0.2, -0.15) is 0 Å². The summed E-state index contributed by atoms with van der Waals surface area (Å²) >= 11 is 0. The molecule has 1 unspecified atom stereocenters. The number of aliphatic imine (C=N–C) groups is 1. The van der Waals surface area contributed by atoms with Crippen molar-refractivity contribution < 1.29 is 4.21 Å². The molecule has 1 aliphatic rings. The van der Waals surface area contributed by atoms with Gasteiger partial charge in [0.25, 0.3) is 0 Å². The van der Waals surface area contributed by atoms with Gasteiger partial charge in [0.05, 0.1) is 11.3 Å². The molecule has 0 radical (unpaired) electrons. The molecule has 1 rings (SSSR count). The smallest absolute Gasteiger partial charge is 0.188 e. The predicted molar refractivity (Wildman–Crippen MR) is 76.1 cm³/mol. The lowest BCUT2D eigenvalue weighted by molar-refractivity contribution is 0.671. The first kappa shape index (κ1) is 14.9. The van der Waals surface area contributed by atoms with Gasteiger partial charge in [-0.1, -0.05) is 6.08 Å². The summed E-state index contributed by atoms with van der Waals surface area (Å²) in [5, 5.41) is 2.88. The van der Waals surface area contributed by atoms with Crippen LogP contribution < -0.4 is 11.1 Å². The van der Waals surface area contributed by atoms with Crippen LogP contribution in [0.3, 0.4) is 0 Å². The molecule has 0 spiro atoms. The van der Waals surface area contributed by atoms with Gasteiger partial charge in [0.2, 0.25) is 0 Å². The van der Waals surface area contributed by atoms with Crippen molar-refractivity contribution in [1.82, 2.24) is 5.32 Å². The standard InChI is InChI=1S/C9H17N3OS.HI/c1-3-6-11-8(10)12-7-9(4-5-9)14(2)13;/h3H,1,4-7H2,2H3,(H3,10,11,12);1H. The van der Waals surface area contributed by atoms with Crippen molar-refractivity contribution >= 4 is 40.7 Å². The minimum absolute atomic E-state index is 0. The van der Waals surface area contributed by atoms with Crippen LogP contribution >= 0.6 is 24.0 Å². The largest absolute Gasteiger partial charge is 0.370 e. The van der Waals surface area contributed by atoms with Crippen LogP contribution in [0.15, 0.2) is 17.6 Å². The van der Waals surface area contributed by atoms with Crippen molar-refractivity contribution in [1.29, 1.82) is 0 Å². The number of nitrogens with zero attached hydrogens (tertiary/aromatic N) is 1. The average Bonchev–Trinajstić information content (AvgIpc) is 2.92. The Labute approximate surface area is 110 Å². The molecule has 0 aromatic heterocycles. The maximum atomic E-state index is 11.3. The van der Waals surface area contributed by atoms with Gasteiger partial charge in [-0.3, -0.25) is 9.20 Å². The van der Waals surface area contributed by atoms with Gasteiger partial charge in [-0.15, -0.1) is 30.6 Å². The van der Waals surface area contributed by atoms with E-state index in [1.165, 1.54) is 0 Å². The Morgan fingerprint density at radius 2 is 2.33 bits per heavy atom. The molecule has 1 aliphatic carbocycles. The molecule has 0 amide bonds. The molecule has 0 heterocycles. The first-order valence-corrected chi connectivity index (χ1v) is 6.15. The van der Waals surface area contributed by atoms with Crippen LogP contribution in [0, 0.1) is 0 Å². The molecular weight excluding hydrogens is 325 g/mol. The highest BCUT2D eigenvalue weighted by molar-refractivity contribution is 14.0. The van der Waals surface area contributed by atoms with Gasteiger partial charge in [-0.05, 0) is 12.8 Å². The second kappa shape index (κ2) is 6.47. The van der Waals surface area contributed by atoms with Crippen LogP contribution in [0.5, 0.6) is 0 Å². The van der Waals surface area contributed by atoms with E-state index in [2.05, 4.69) is 16.9 Å². The maximum Gasteiger partial charge on any atom is 0.188 e. The summed E-state index contributed by atoms with van der Waals surface area (Å²) in [5.41, 5.74) is 5.59. The fourth-order valence-corrected chi connectivity index (χ4v) is 2.06. The highest BCUT2D eigenvalue weighted by Crippen LogP contribution is 2.41. The summed E-state index contributed by atoms with van der Waals surface area (Å²) in [6, 6.07) is 0. The Kier molecular flexibility index (Phi) is 6.42. The van der Waals surface area contributed by atoms with Crippen LogP contribution in [0.4, 0.5) is 0 Å². The Hall–Kier alpha value is -0.110. The SMILES string of the molecule is C=CCNC(N)=NCC1(S(C)=O)CC1.I. The molecule has 1 fully saturated rings. The van der Waals surface area contributed by atoms with E-state index in [0.29, 0.717) is 19.0 Å². The molecule has 0 saturated heterocycles. The number of hydrogen-bond acceptors (Lipinski definition) is 2. The number of nitrogens with one attached hydrogen (secondary N) is 1. The molecule has 0 aromatic carbocycles. The normalized spacial score (nSPS) is 19.9. The van der Waals surface area contributed by atoms with Crippen molar-refractivity contribution in [2.24, 2.45) is 10.7 Å². The first-order valence-electron chi connectivity index (χ1n) is 4.59. The topological polar surface area (TPSA) is 67.5 Å². The average molecular weight is 343 g/mol. The summed E-state index contributed by atoms with van der Waals surface area (Å²) in [4.78, 5) is 4.16. The van der Waals surface area contributed by atoms with Gasteiger partial charge < -0.3 is 11.1 Å². The minimum atomic E-state index is -0.798. The van der Waals surface area contributed by atoms with Crippen molar-refractivity contribution in [3.63, 3.8) is 0 Å². The second-order valence-corrected chi connectivity index (χ2v) is 5.28. The maximum absolute atomic E-state index is 11.3. The molecule has 1 atom stereocenters. The van der Waals surface area contributed by atoms with Crippen LogP contribution in [0.2, 0.25) is 0 Å². The molecule has 88 valence electrons. The predicted octanol–water partition coefficient (Wildman–Crippen LogP) is 0.606.